The summed E-state index contributed by atoms with van der Waals surface area (Å²) in [6, 6.07) is -7.83. The number of halogens is 4. The number of nitrogens with zero attached hydrogens (tertiary/aromatic N) is 9. The number of carbonyl (C=O) groups is 12. The highest BCUT2D eigenvalue weighted by atomic mass is 35.5. The van der Waals surface area contributed by atoms with Gasteiger partial charge >= 0.3 is 6.18 Å². The molecule has 4 aliphatic heterocycles. The molecule has 7 fully saturated rings. The minimum Gasteiger partial charge on any atom is -0.378 e. The van der Waals surface area contributed by atoms with E-state index in [-0.39, 0.29) is 103 Å². The summed E-state index contributed by atoms with van der Waals surface area (Å²) < 4.78 is 47.3. The molecule has 7 aliphatic rings. The first-order valence-electron chi connectivity index (χ1n) is 37.0. The zero-order valence-corrected chi connectivity index (χ0v) is 62.3. The molecule has 1 spiro atoms. The van der Waals surface area contributed by atoms with E-state index in [2.05, 4.69) is 16.0 Å². The van der Waals surface area contributed by atoms with Gasteiger partial charge < -0.3 is 64.8 Å². The molecule has 12 amide bonds. The lowest BCUT2D eigenvalue weighted by molar-refractivity contribution is -0.160. The molecule has 4 heterocycles. The average Bonchev–Trinajstić information content (AvgIpc) is 1.74. The van der Waals surface area contributed by atoms with Crippen molar-refractivity contribution in [2.24, 2.45) is 23.7 Å². The summed E-state index contributed by atoms with van der Waals surface area (Å²) in [6.07, 6.45) is 4.07. The van der Waals surface area contributed by atoms with Gasteiger partial charge in [0.1, 0.15) is 59.9 Å². The van der Waals surface area contributed by atoms with Crippen molar-refractivity contribution in [2.45, 2.75) is 242 Å². The summed E-state index contributed by atoms with van der Waals surface area (Å²) in [7, 11) is 8.68. The highest BCUT2D eigenvalue weighted by Crippen LogP contribution is 2.39. The van der Waals surface area contributed by atoms with Crippen LogP contribution in [-0.2, 0) is 74.9 Å². The Bertz CT molecular complexity index is 3230. The molecule has 102 heavy (non-hydrogen) atoms. The SMILES string of the molecule is CC[C@H](C)[C@@H]1NC(=O)[C@H](CC(C)C)N(C)C(=O)C[C@@H](C(=O)N2CCOCC2)N(C)C(=O)[C@H](C2CCCC2)N(C)C(=O)C2(CCCC2)NC(=O)[C@@H]2CCCN2C(=O)[C@H](CCc2ccc(C(F)(F)F)c(Cl)c2)NC(=O)CN(C)C(=O)[C@H](CC2CCCCC2)N(C)C(=O)[C@@H]2CCN2C(=O)[C@H](C)N(C)C1=O. The summed E-state index contributed by atoms with van der Waals surface area (Å²) in [4.78, 5) is 193. The standard InChI is InChI=1S/C73H110ClF3N12O13/c1-12-45(4)60-69(99)82(7)46(5)64(94)89-34-30-54(89)67(97)84(9)56(41-47-21-14-13-15-22-47)66(96)81(6)43-58(90)78-52(29-27-48-26-28-50(51(74)40-48)73(75,76)77)65(95)88-33-20-25-53(88)63(93)80-72(31-18-19-32-72)71(101)86(11)61(49-23-16-17-24-49)70(100)85(10)57(68(98)87-35-37-102-38-36-87)42-59(91)83(8)55(39-44(2)3)62(92)79-60/h26,28,40,44-47,49,52-57,60-61H,12-25,27,29-39,41-43H2,1-11H3,(H,78,90)(H,79,92)(H,80,93)/t45-,46-,52-,53-,54-,55-,56-,57-,60-,61-/m0/s1. The Labute approximate surface area is 603 Å². The fourth-order valence-electron chi connectivity index (χ4n) is 16.2. The van der Waals surface area contributed by atoms with Crippen LogP contribution in [0.4, 0.5) is 13.2 Å². The molecular formula is C73H110ClF3N12O13. The number of morpholine rings is 1. The van der Waals surface area contributed by atoms with Crippen molar-refractivity contribution in [3.63, 3.8) is 0 Å². The Balaban J connectivity index is 1.18. The van der Waals surface area contributed by atoms with Crippen LogP contribution in [0.25, 0.3) is 0 Å². The van der Waals surface area contributed by atoms with Crippen molar-refractivity contribution < 1.29 is 75.4 Å². The molecule has 0 aromatic heterocycles. The fraction of sp³-hybridized carbons (Fsp3) is 0.753. The molecule has 3 N–H and O–H groups in total. The maximum absolute atomic E-state index is 15.7. The van der Waals surface area contributed by atoms with Gasteiger partial charge in [0, 0.05) is 68.5 Å². The second kappa shape index (κ2) is 35.1. The first-order valence-corrected chi connectivity index (χ1v) is 37.4. The number of hydrogen-bond acceptors (Lipinski definition) is 13. The smallest absolute Gasteiger partial charge is 0.378 e. The summed E-state index contributed by atoms with van der Waals surface area (Å²) in [5, 5.41) is 8.22. The van der Waals surface area contributed by atoms with E-state index in [1.54, 1.807) is 6.92 Å². The topological polar surface area (TPSA) is 279 Å². The summed E-state index contributed by atoms with van der Waals surface area (Å²) in [5.41, 5.74) is -2.35. The number of fused-ring (bicyclic) bond motifs is 2. The molecular weight excluding hydrogens is 1350 g/mol. The Morgan fingerprint density at radius 2 is 1.29 bits per heavy atom. The number of carbonyl (C=O) groups excluding carboxylic acids is 12. The van der Waals surface area contributed by atoms with Crippen molar-refractivity contribution in [1.82, 2.24) is 60.0 Å². The van der Waals surface area contributed by atoms with Crippen LogP contribution in [0.1, 0.15) is 181 Å². The lowest BCUT2D eigenvalue weighted by atomic mass is 9.84. The number of hydrogen-bond donors (Lipinski definition) is 3. The first kappa shape index (κ1) is 80.6. The predicted molar refractivity (Wildman–Crippen MR) is 373 cm³/mol. The molecule has 0 unspecified atom stereocenters. The minimum atomic E-state index is -4.76. The lowest BCUT2D eigenvalue weighted by Crippen LogP contribution is -2.65. The van der Waals surface area contributed by atoms with Gasteiger partial charge in [-0.05, 0) is 119 Å². The van der Waals surface area contributed by atoms with Gasteiger partial charge in [0.15, 0.2) is 0 Å². The highest BCUT2D eigenvalue weighted by molar-refractivity contribution is 6.31. The molecule has 3 saturated carbocycles. The Morgan fingerprint density at radius 3 is 1.89 bits per heavy atom. The zero-order chi connectivity index (χ0) is 74.8. The van der Waals surface area contributed by atoms with Crippen LogP contribution < -0.4 is 16.0 Å². The number of benzene rings is 1. The van der Waals surface area contributed by atoms with E-state index in [1.807, 2.05) is 20.8 Å². The lowest BCUT2D eigenvalue weighted by Gasteiger charge is -2.45. The Hall–Kier alpha value is -7.10. The molecule has 1 aromatic rings. The quantitative estimate of drug-likeness (QED) is 0.250. The molecule has 3 aliphatic carbocycles. The van der Waals surface area contributed by atoms with Gasteiger partial charge in [0.2, 0.25) is 70.9 Å². The summed E-state index contributed by atoms with van der Waals surface area (Å²) >= 11 is 6.17. The molecule has 1 aromatic carbocycles. The third-order valence-electron chi connectivity index (χ3n) is 23.0. The Kier molecular flexibility index (Phi) is 27.7. The molecule has 0 radical (unpaired) electrons. The average molecular weight is 1460 g/mol. The van der Waals surface area contributed by atoms with E-state index in [0.29, 0.717) is 44.1 Å². The normalized spacial score (nSPS) is 28.4. The number of ether oxygens (including phenoxy) is 1. The molecule has 4 saturated heterocycles. The maximum atomic E-state index is 15.7. The van der Waals surface area contributed by atoms with Crippen LogP contribution in [0.5, 0.6) is 0 Å². The highest BCUT2D eigenvalue weighted by Gasteiger charge is 2.52. The van der Waals surface area contributed by atoms with Gasteiger partial charge in [-0.1, -0.05) is 110 Å². The zero-order valence-electron chi connectivity index (χ0n) is 61.6. The summed E-state index contributed by atoms with van der Waals surface area (Å²) in [5.74, 6) is -8.70. The van der Waals surface area contributed by atoms with Crippen molar-refractivity contribution in [3.8, 4) is 0 Å². The van der Waals surface area contributed by atoms with Crippen LogP contribution in [0.15, 0.2) is 18.2 Å². The number of rotatable bonds is 11. The third kappa shape index (κ3) is 18.7. The van der Waals surface area contributed by atoms with Gasteiger partial charge in [-0.2, -0.15) is 13.2 Å². The number of aryl methyl sites for hydroxylation is 1. The van der Waals surface area contributed by atoms with Gasteiger partial charge in [-0.3, -0.25) is 57.5 Å². The largest absolute Gasteiger partial charge is 0.417 e. The van der Waals surface area contributed by atoms with Gasteiger partial charge in [-0.25, -0.2) is 0 Å². The van der Waals surface area contributed by atoms with Gasteiger partial charge in [0.25, 0.3) is 0 Å². The van der Waals surface area contributed by atoms with E-state index < -0.39 is 172 Å². The van der Waals surface area contributed by atoms with E-state index >= 15 is 33.6 Å². The molecule has 10 atom stereocenters. The van der Waals surface area contributed by atoms with Crippen molar-refractivity contribution in [2.75, 3.05) is 88.2 Å². The van der Waals surface area contributed by atoms with E-state index in [1.165, 1.54) is 94.5 Å². The molecule has 29 heteroatoms. The number of alkyl halides is 3. The van der Waals surface area contributed by atoms with Crippen LogP contribution >= 0.6 is 11.6 Å². The fourth-order valence-corrected chi connectivity index (χ4v) is 16.5. The van der Waals surface area contributed by atoms with Crippen LogP contribution in [-0.4, -0.2) is 263 Å². The summed E-state index contributed by atoms with van der Waals surface area (Å²) in [6.45, 7) is 9.13. The molecule has 8 rings (SSSR count). The number of amides is 12. The van der Waals surface area contributed by atoms with Crippen molar-refractivity contribution >= 4 is 82.5 Å². The first-order chi connectivity index (χ1) is 48.2. The van der Waals surface area contributed by atoms with E-state index in [0.717, 1.165) is 62.0 Å². The van der Waals surface area contributed by atoms with E-state index in [4.69, 9.17) is 16.3 Å². The Morgan fingerprint density at radius 1 is 0.657 bits per heavy atom. The van der Waals surface area contributed by atoms with Gasteiger partial charge in [-0.15, -0.1) is 0 Å². The van der Waals surface area contributed by atoms with Crippen LogP contribution in [0.2, 0.25) is 5.02 Å². The molecule has 0 bridgehead atoms. The predicted octanol–water partition coefficient (Wildman–Crippen LogP) is 5.41. The maximum Gasteiger partial charge on any atom is 0.417 e. The second-order valence-electron chi connectivity index (χ2n) is 30.3. The minimum absolute atomic E-state index is 0.0212. The van der Waals surface area contributed by atoms with E-state index in [9.17, 15) is 37.1 Å². The molecule has 568 valence electrons. The number of likely N-dealkylation sites (N-methyl/N-ethyl adjacent to an activating group) is 6. The van der Waals surface area contributed by atoms with Crippen molar-refractivity contribution in [1.29, 1.82) is 0 Å². The second-order valence-corrected chi connectivity index (χ2v) is 30.7. The monoisotopic (exact) mass is 1450 g/mol. The third-order valence-corrected chi connectivity index (χ3v) is 23.3. The van der Waals surface area contributed by atoms with Crippen molar-refractivity contribution in [3.05, 3.63) is 34.3 Å². The van der Waals surface area contributed by atoms with Crippen LogP contribution in [0.3, 0.4) is 0 Å². The molecule has 25 nitrogen and oxygen atoms in total. The number of nitrogens with one attached hydrogen (secondary N) is 3. The van der Waals surface area contributed by atoms with Crippen LogP contribution in [0, 0.1) is 23.7 Å². The van der Waals surface area contributed by atoms with Gasteiger partial charge in [0.05, 0.1) is 36.8 Å².